The van der Waals surface area contributed by atoms with Crippen molar-refractivity contribution in [3.63, 3.8) is 0 Å². The number of nitrogen functional groups attached to an aromatic ring is 2. The molecule has 0 saturated heterocycles. The quantitative estimate of drug-likeness (QED) is 0.697. The molecule has 4 N–H and O–H groups in total. The monoisotopic (exact) mass is 217 g/mol. The molecule has 0 aliphatic heterocycles. The summed E-state index contributed by atoms with van der Waals surface area (Å²) < 4.78 is 0. The van der Waals surface area contributed by atoms with Gasteiger partial charge in [-0.3, -0.25) is 0 Å². The topological polar surface area (TPSA) is 90.7 Å². The van der Waals surface area contributed by atoms with Crippen LogP contribution >= 0.6 is 0 Å². The summed E-state index contributed by atoms with van der Waals surface area (Å²) in [6.45, 7) is 6.20. The zero-order chi connectivity index (χ0) is 11.9. The third-order valence-electron chi connectivity index (χ3n) is 2.33. The van der Waals surface area contributed by atoms with Crippen molar-refractivity contribution in [3.8, 4) is 0 Å². The molecular formula is C11H15N5. The van der Waals surface area contributed by atoms with Crippen molar-refractivity contribution < 1.29 is 0 Å². The summed E-state index contributed by atoms with van der Waals surface area (Å²) in [5.74, 6) is 0.366. The lowest BCUT2D eigenvalue weighted by Crippen LogP contribution is -2.14. The molecule has 2 heterocycles. The molecule has 2 aromatic heterocycles. The molecule has 0 fully saturated rings. The van der Waals surface area contributed by atoms with Gasteiger partial charge in [0.25, 0.3) is 0 Å². The van der Waals surface area contributed by atoms with Crippen molar-refractivity contribution in [2.24, 2.45) is 0 Å². The molecule has 5 heteroatoms. The molecule has 84 valence electrons. The average Bonchev–Trinajstić information content (AvgIpc) is 2.15. The first-order valence-corrected chi connectivity index (χ1v) is 5.07. The number of nitrogens with zero attached hydrogens (tertiary/aromatic N) is 3. The lowest BCUT2D eigenvalue weighted by atomic mass is 9.93. The predicted molar refractivity (Wildman–Crippen MR) is 64.9 cm³/mol. The van der Waals surface area contributed by atoms with Gasteiger partial charge in [-0.25, -0.2) is 15.0 Å². The highest BCUT2D eigenvalue weighted by Gasteiger charge is 2.17. The summed E-state index contributed by atoms with van der Waals surface area (Å²) in [5, 5.41) is 0. The Kier molecular flexibility index (Phi) is 2.18. The Morgan fingerprint density at radius 1 is 1.12 bits per heavy atom. The Balaban J connectivity index is 2.71. The molecule has 0 saturated carbocycles. The smallest absolute Gasteiger partial charge is 0.182 e. The number of anilines is 2. The van der Waals surface area contributed by atoms with Gasteiger partial charge in [-0.1, -0.05) is 20.8 Å². The van der Waals surface area contributed by atoms with Gasteiger partial charge in [-0.05, 0) is 0 Å². The first-order chi connectivity index (χ1) is 7.38. The molecular weight excluding hydrogens is 202 g/mol. The molecule has 0 spiro atoms. The molecule has 2 rings (SSSR count). The summed E-state index contributed by atoms with van der Waals surface area (Å²) in [7, 11) is 0. The van der Waals surface area contributed by atoms with Gasteiger partial charge in [0.15, 0.2) is 5.65 Å². The number of aromatic nitrogens is 3. The number of hydrogen-bond donors (Lipinski definition) is 2. The van der Waals surface area contributed by atoms with Gasteiger partial charge in [0.2, 0.25) is 0 Å². The molecule has 0 unspecified atom stereocenters. The van der Waals surface area contributed by atoms with E-state index in [0.717, 1.165) is 5.69 Å². The molecule has 0 aliphatic rings. The molecule has 16 heavy (non-hydrogen) atoms. The Labute approximate surface area is 93.9 Å². The largest absolute Gasteiger partial charge is 0.397 e. The van der Waals surface area contributed by atoms with E-state index in [1.165, 1.54) is 0 Å². The molecule has 5 nitrogen and oxygen atoms in total. The van der Waals surface area contributed by atoms with Gasteiger partial charge < -0.3 is 11.5 Å². The van der Waals surface area contributed by atoms with Crippen LogP contribution in [0.2, 0.25) is 0 Å². The van der Waals surface area contributed by atoms with Crippen LogP contribution in [0.1, 0.15) is 26.5 Å². The van der Waals surface area contributed by atoms with Crippen molar-refractivity contribution in [1.29, 1.82) is 0 Å². The number of pyridine rings is 1. The van der Waals surface area contributed by atoms with Crippen molar-refractivity contribution in [2.75, 3.05) is 11.5 Å². The lowest BCUT2D eigenvalue weighted by molar-refractivity contribution is 0.568. The highest BCUT2D eigenvalue weighted by atomic mass is 15.0. The van der Waals surface area contributed by atoms with Crippen LogP contribution in [-0.4, -0.2) is 15.0 Å². The van der Waals surface area contributed by atoms with Gasteiger partial charge in [0.05, 0.1) is 11.4 Å². The van der Waals surface area contributed by atoms with Crippen molar-refractivity contribution in [3.05, 3.63) is 18.0 Å². The zero-order valence-corrected chi connectivity index (χ0v) is 9.65. The summed E-state index contributed by atoms with van der Waals surface area (Å²) in [6.07, 6.45) is 1.73. The number of nitrogens with two attached hydrogens (primary N) is 2. The average molecular weight is 217 g/mol. The molecule has 0 radical (unpaired) electrons. The minimum atomic E-state index is -0.0672. The second kappa shape index (κ2) is 3.30. The van der Waals surface area contributed by atoms with Crippen LogP contribution in [0, 0.1) is 0 Å². The second-order valence-corrected chi connectivity index (χ2v) is 4.81. The van der Waals surface area contributed by atoms with Gasteiger partial charge in [0, 0.05) is 17.7 Å². The summed E-state index contributed by atoms with van der Waals surface area (Å²) >= 11 is 0. The summed E-state index contributed by atoms with van der Waals surface area (Å²) in [5.41, 5.74) is 13.8. The van der Waals surface area contributed by atoms with E-state index in [2.05, 4.69) is 35.7 Å². The fourth-order valence-corrected chi connectivity index (χ4v) is 1.40. The van der Waals surface area contributed by atoms with Gasteiger partial charge in [-0.15, -0.1) is 0 Å². The maximum atomic E-state index is 5.79. The number of rotatable bonds is 0. The number of fused-ring (bicyclic) bond motifs is 1. The van der Waals surface area contributed by atoms with E-state index < -0.39 is 0 Å². The summed E-state index contributed by atoms with van der Waals surface area (Å²) in [6, 6.07) is 1.59. The normalized spacial score (nSPS) is 11.9. The van der Waals surface area contributed by atoms with E-state index in [1.807, 2.05) is 0 Å². The van der Waals surface area contributed by atoms with Crippen LogP contribution in [0.15, 0.2) is 12.3 Å². The third-order valence-corrected chi connectivity index (χ3v) is 2.33. The first kappa shape index (κ1) is 10.6. The fourth-order valence-electron chi connectivity index (χ4n) is 1.40. The Bertz CT molecular complexity index is 542. The second-order valence-electron chi connectivity index (χ2n) is 4.81. The highest BCUT2D eigenvalue weighted by molar-refractivity contribution is 5.85. The van der Waals surface area contributed by atoms with E-state index in [0.29, 0.717) is 22.7 Å². The van der Waals surface area contributed by atoms with Crippen LogP contribution in [-0.2, 0) is 5.41 Å². The van der Waals surface area contributed by atoms with E-state index >= 15 is 0 Å². The van der Waals surface area contributed by atoms with Crippen molar-refractivity contribution >= 4 is 22.7 Å². The molecule has 0 atom stereocenters. The van der Waals surface area contributed by atoms with Crippen LogP contribution in [0.4, 0.5) is 11.5 Å². The van der Waals surface area contributed by atoms with Crippen LogP contribution < -0.4 is 11.5 Å². The van der Waals surface area contributed by atoms with Gasteiger partial charge in [-0.2, -0.15) is 0 Å². The minimum absolute atomic E-state index is 0.0672. The van der Waals surface area contributed by atoms with Crippen LogP contribution in [0.3, 0.4) is 0 Å². The lowest BCUT2D eigenvalue weighted by Gasteiger charge is -2.17. The Morgan fingerprint density at radius 3 is 2.44 bits per heavy atom. The van der Waals surface area contributed by atoms with Crippen molar-refractivity contribution in [2.45, 2.75) is 26.2 Å². The SMILES string of the molecule is CC(C)(C)c1cnc2c(N)cc(N)nc2n1. The standard InChI is InChI=1S/C11H15N5/c1-11(2,3)7-5-14-9-6(12)4-8(13)16-10(9)15-7/h4-5H,1-3H3,(H4,12,13,15,16). The summed E-state index contributed by atoms with van der Waals surface area (Å²) in [4.78, 5) is 12.9. The molecule has 0 aliphatic carbocycles. The Morgan fingerprint density at radius 2 is 1.81 bits per heavy atom. The third kappa shape index (κ3) is 1.76. The Hall–Kier alpha value is -1.91. The molecule has 0 amide bonds. The zero-order valence-electron chi connectivity index (χ0n) is 9.65. The predicted octanol–water partition coefficient (Wildman–Crippen LogP) is 1.49. The highest BCUT2D eigenvalue weighted by Crippen LogP contribution is 2.23. The van der Waals surface area contributed by atoms with Gasteiger partial charge >= 0.3 is 0 Å². The van der Waals surface area contributed by atoms with Crippen LogP contribution in [0.25, 0.3) is 11.2 Å². The maximum Gasteiger partial charge on any atom is 0.182 e. The minimum Gasteiger partial charge on any atom is -0.397 e. The van der Waals surface area contributed by atoms with Gasteiger partial charge in [0.1, 0.15) is 11.3 Å². The molecule has 0 aromatic carbocycles. The fraction of sp³-hybridized carbons (Fsp3) is 0.364. The van der Waals surface area contributed by atoms with E-state index in [4.69, 9.17) is 11.5 Å². The first-order valence-electron chi connectivity index (χ1n) is 5.07. The van der Waals surface area contributed by atoms with E-state index in [9.17, 15) is 0 Å². The van der Waals surface area contributed by atoms with Crippen molar-refractivity contribution in [1.82, 2.24) is 15.0 Å². The molecule has 0 bridgehead atoms. The van der Waals surface area contributed by atoms with E-state index in [1.54, 1.807) is 12.3 Å². The number of hydrogen-bond acceptors (Lipinski definition) is 5. The van der Waals surface area contributed by atoms with Crippen LogP contribution in [0.5, 0.6) is 0 Å². The molecule has 2 aromatic rings. The maximum absolute atomic E-state index is 5.79. The van der Waals surface area contributed by atoms with E-state index in [-0.39, 0.29) is 5.41 Å².